The highest BCUT2D eigenvalue weighted by molar-refractivity contribution is 5.01. The third-order valence-electron chi connectivity index (χ3n) is 5.87. The second kappa shape index (κ2) is 6.97. The summed E-state index contributed by atoms with van der Waals surface area (Å²) < 4.78 is 5.54. The van der Waals surface area contributed by atoms with Crippen molar-refractivity contribution in [2.45, 2.75) is 70.4 Å². The van der Waals surface area contributed by atoms with Crippen LogP contribution in [0.1, 0.15) is 58.8 Å². The first-order valence-electron chi connectivity index (χ1n) is 9.24. The molecule has 0 radical (unpaired) electrons. The standard InChI is InChI=1S/C18H34N2O/c1-15(2)11-17-12-19-18(7-3-4-8-18)14-20(17)13-16-5-9-21-10-6-16/h15-17,19H,3-14H2,1-2H3. The Morgan fingerprint density at radius 2 is 1.90 bits per heavy atom. The summed E-state index contributed by atoms with van der Waals surface area (Å²) >= 11 is 0. The molecule has 1 N–H and O–H groups in total. The summed E-state index contributed by atoms with van der Waals surface area (Å²) in [5.41, 5.74) is 0.457. The van der Waals surface area contributed by atoms with Gasteiger partial charge in [0.05, 0.1) is 0 Å². The Bertz CT molecular complexity index is 319. The first-order chi connectivity index (χ1) is 10.2. The van der Waals surface area contributed by atoms with E-state index in [1.807, 2.05) is 0 Å². The van der Waals surface area contributed by atoms with Gasteiger partial charge < -0.3 is 10.1 Å². The zero-order valence-corrected chi connectivity index (χ0v) is 14.1. The smallest absolute Gasteiger partial charge is 0.0469 e. The SMILES string of the molecule is CC(C)CC1CNC2(CCCC2)CN1CC1CCOCC1. The van der Waals surface area contributed by atoms with Crippen LogP contribution in [0.2, 0.25) is 0 Å². The van der Waals surface area contributed by atoms with E-state index in [9.17, 15) is 0 Å². The summed E-state index contributed by atoms with van der Waals surface area (Å²) in [5.74, 6) is 1.66. The van der Waals surface area contributed by atoms with Gasteiger partial charge in [0.25, 0.3) is 0 Å². The minimum atomic E-state index is 0.457. The molecule has 2 heterocycles. The summed E-state index contributed by atoms with van der Waals surface area (Å²) in [6, 6.07) is 0.749. The highest BCUT2D eigenvalue weighted by atomic mass is 16.5. The van der Waals surface area contributed by atoms with Crippen molar-refractivity contribution in [3.63, 3.8) is 0 Å². The second-order valence-electron chi connectivity index (χ2n) is 8.14. The second-order valence-corrected chi connectivity index (χ2v) is 8.14. The maximum atomic E-state index is 5.54. The van der Waals surface area contributed by atoms with Crippen LogP contribution in [0.15, 0.2) is 0 Å². The Morgan fingerprint density at radius 1 is 1.19 bits per heavy atom. The first kappa shape index (κ1) is 15.8. The largest absolute Gasteiger partial charge is 0.381 e. The lowest BCUT2D eigenvalue weighted by molar-refractivity contribution is 0.0179. The number of ether oxygens (including phenoxy) is 1. The number of nitrogens with one attached hydrogen (secondary N) is 1. The van der Waals surface area contributed by atoms with E-state index in [-0.39, 0.29) is 0 Å². The molecule has 1 aliphatic carbocycles. The monoisotopic (exact) mass is 294 g/mol. The molecule has 2 saturated heterocycles. The van der Waals surface area contributed by atoms with E-state index in [4.69, 9.17) is 4.74 Å². The fourth-order valence-electron chi connectivity index (χ4n) is 4.67. The average Bonchev–Trinajstić information content (AvgIpc) is 2.91. The van der Waals surface area contributed by atoms with Crippen molar-refractivity contribution in [1.29, 1.82) is 0 Å². The maximum Gasteiger partial charge on any atom is 0.0469 e. The molecule has 3 aliphatic rings. The molecular formula is C18H34N2O. The highest BCUT2D eigenvalue weighted by Crippen LogP contribution is 2.35. The van der Waals surface area contributed by atoms with Crippen molar-refractivity contribution in [3.8, 4) is 0 Å². The molecule has 0 amide bonds. The van der Waals surface area contributed by atoms with Gasteiger partial charge in [-0.15, -0.1) is 0 Å². The Labute approximate surface area is 130 Å². The molecule has 3 heteroatoms. The molecule has 1 unspecified atom stereocenters. The Hall–Kier alpha value is -0.120. The molecule has 3 nitrogen and oxygen atoms in total. The van der Waals surface area contributed by atoms with Crippen molar-refractivity contribution in [1.82, 2.24) is 10.2 Å². The minimum Gasteiger partial charge on any atom is -0.381 e. The molecule has 21 heavy (non-hydrogen) atoms. The van der Waals surface area contributed by atoms with Gasteiger partial charge in [0.1, 0.15) is 0 Å². The predicted molar refractivity (Wildman–Crippen MR) is 87.6 cm³/mol. The Kier molecular flexibility index (Phi) is 5.23. The van der Waals surface area contributed by atoms with E-state index < -0.39 is 0 Å². The van der Waals surface area contributed by atoms with Crippen LogP contribution in [-0.4, -0.2) is 49.3 Å². The van der Waals surface area contributed by atoms with E-state index in [1.165, 1.54) is 64.6 Å². The summed E-state index contributed by atoms with van der Waals surface area (Å²) in [7, 11) is 0. The molecule has 0 bridgehead atoms. The van der Waals surface area contributed by atoms with Gasteiger partial charge >= 0.3 is 0 Å². The molecule has 0 aromatic heterocycles. The molecule has 0 aromatic rings. The Balaban J connectivity index is 1.63. The molecule has 0 aromatic carbocycles. The van der Waals surface area contributed by atoms with Gasteiger partial charge in [0.2, 0.25) is 0 Å². The van der Waals surface area contributed by atoms with Crippen molar-refractivity contribution < 1.29 is 4.74 Å². The van der Waals surface area contributed by atoms with E-state index in [2.05, 4.69) is 24.1 Å². The zero-order valence-electron chi connectivity index (χ0n) is 14.1. The number of hydrogen-bond acceptors (Lipinski definition) is 3. The molecule has 3 rings (SSSR count). The van der Waals surface area contributed by atoms with Crippen molar-refractivity contribution >= 4 is 0 Å². The molecule has 1 atom stereocenters. The van der Waals surface area contributed by atoms with Crippen LogP contribution in [-0.2, 0) is 4.74 Å². The summed E-state index contributed by atoms with van der Waals surface area (Å²) in [6.07, 6.45) is 9.51. The molecule has 122 valence electrons. The lowest BCUT2D eigenvalue weighted by Crippen LogP contribution is -2.64. The Morgan fingerprint density at radius 3 is 2.57 bits per heavy atom. The van der Waals surface area contributed by atoms with Gasteiger partial charge in [0, 0.05) is 44.4 Å². The van der Waals surface area contributed by atoms with Gasteiger partial charge in [-0.25, -0.2) is 0 Å². The lowest BCUT2D eigenvalue weighted by Gasteiger charge is -2.48. The fourth-order valence-corrected chi connectivity index (χ4v) is 4.67. The van der Waals surface area contributed by atoms with Gasteiger partial charge in [-0.2, -0.15) is 0 Å². The van der Waals surface area contributed by atoms with E-state index in [1.54, 1.807) is 0 Å². The molecule has 2 aliphatic heterocycles. The van der Waals surface area contributed by atoms with E-state index in [0.29, 0.717) is 5.54 Å². The van der Waals surface area contributed by atoms with Gasteiger partial charge in [0.15, 0.2) is 0 Å². The lowest BCUT2D eigenvalue weighted by atomic mass is 9.88. The van der Waals surface area contributed by atoms with Crippen molar-refractivity contribution in [2.75, 3.05) is 32.8 Å². The molecule has 3 fully saturated rings. The first-order valence-corrected chi connectivity index (χ1v) is 9.24. The molecule has 1 spiro atoms. The van der Waals surface area contributed by atoms with E-state index in [0.717, 1.165) is 31.1 Å². The van der Waals surface area contributed by atoms with Gasteiger partial charge in [-0.1, -0.05) is 26.7 Å². The van der Waals surface area contributed by atoms with Crippen LogP contribution in [0.5, 0.6) is 0 Å². The zero-order chi connectivity index (χ0) is 14.7. The summed E-state index contributed by atoms with van der Waals surface area (Å²) in [4.78, 5) is 2.86. The number of rotatable bonds is 4. The van der Waals surface area contributed by atoms with Crippen molar-refractivity contribution in [3.05, 3.63) is 0 Å². The van der Waals surface area contributed by atoms with Crippen LogP contribution >= 0.6 is 0 Å². The normalized spacial score (nSPS) is 31.3. The van der Waals surface area contributed by atoms with Crippen molar-refractivity contribution in [2.24, 2.45) is 11.8 Å². The van der Waals surface area contributed by atoms with Crippen LogP contribution in [0.4, 0.5) is 0 Å². The molecular weight excluding hydrogens is 260 g/mol. The maximum absolute atomic E-state index is 5.54. The summed E-state index contributed by atoms with van der Waals surface area (Å²) in [5, 5.41) is 3.95. The predicted octanol–water partition coefficient (Wildman–Crippen LogP) is 3.05. The third kappa shape index (κ3) is 4.00. The average molecular weight is 294 g/mol. The third-order valence-corrected chi connectivity index (χ3v) is 5.87. The highest BCUT2D eigenvalue weighted by Gasteiger charge is 2.41. The van der Waals surface area contributed by atoms with Gasteiger partial charge in [-0.3, -0.25) is 4.90 Å². The number of piperazine rings is 1. The topological polar surface area (TPSA) is 24.5 Å². The van der Waals surface area contributed by atoms with Gasteiger partial charge in [-0.05, 0) is 43.9 Å². The van der Waals surface area contributed by atoms with E-state index >= 15 is 0 Å². The molecule has 1 saturated carbocycles. The quantitative estimate of drug-likeness (QED) is 0.862. The van der Waals surface area contributed by atoms with Crippen LogP contribution < -0.4 is 5.32 Å². The summed E-state index contributed by atoms with van der Waals surface area (Å²) in [6.45, 7) is 10.5. The van der Waals surface area contributed by atoms with Crippen LogP contribution in [0, 0.1) is 11.8 Å². The minimum absolute atomic E-state index is 0.457. The number of nitrogens with zero attached hydrogens (tertiary/aromatic N) is 1. The van der Waals surface area contributed by atoms with Crippen LogP contribution in [0.3, 0.4) is 0 Å². The van der Waals surface area contributed by atoms with Crippen LogP contribution in [0.25, 0.3) is 0 Å². The number of hydrogen-bond donors (Lipinski definition) is 1. The fraction of sp³-hybridized carbons (Fsp3) is 1.00.